The number of rotatable bonds is 8. The molecular weight excluding hydrogens is 464 g/mol. The molecule has 2 heterocycles. The van der Waals surface area contributed by atoms with Gasteiger partial charge in [0.05, 0.1) is 29.5 Å². The van der Waals surface area contributed by atoms with Crippen molar-refractivity contribution in [2.75, 3.05) is 24.2 Å². The summed E-state index contributed by atoms with van der Waals surface area (Å²) >= 11 is 1.46. The zero-order chi connectivity index (χ0) is 24.2. The van der Waals surface area contributed by atoms with Crippen LogP contribution in [0.1, 0.15) is 33.6 Å². The van der Waals surface area contributed by atoms with Gasteiger partial charge in [-0.05, 0) is 55.3 Å². The largest absolute Gasteiger partial charge is 0.457 e. The van der Waals surface area contributed by atoms with Crippen LogP contribution in [0.4, 0.5) is 5.69 Å². The van der Waals surface area contributed by atoms with Crippen molar-refractivity contribution in [2.24, 2.45) is 0 Å². The molecular formula is C27H24N2O5S. The lowest BCUT2D eigenvalue weighted by atomic mass is 10.1. The van der Waals surface area contributed by atoms with Gasteiger partial charge in [0.1, 0.15) is 11.5 Å². The fraction of sp³-hybridized carbons (Fsp3) is 0.222. The van der Waals surface area contributed by atoms with Crippen LogP contribution in [0.15, 0.2) is 77.7 Å². The molecule has 8 heteroatoms. The van der Waals surface area contributed by atoms with E-state index in [4.69, 9.17) is 9.47 Å². The van der Waals surface area contributed by atoms with Gasteiger partial charge in [0.25, 0.3) is 11.8 Å². The smallest absolute Gasteiger partial charge is 0.261 e. The lowest BCUT2D eigenvalue weighted by Gasteiger charge is -2.17. The van der Waals surface area contributed by atoms with Crippen molar-refractivity contribution in [3.05, 3.63) is 83.9 Å². The molecule has 3 aromatic carbocycles. The van der Waals surface area contributed by atoms with Gasteiger partial charge in [-0.1, -0.05) is 24.3 Å². The Kier molecular flexibility index (Phi) is 6.83. The molecule has 1 N–H and O–H groups in total. The number of nitrogens with one attached hydrogen (secondary N) is 1. The number of anilines is 1. The summed E-state index contributed by atoms with van der Waals surface area (Å²) in [7, 11) is 0. The fourth-order valence-corrected chi connectivity index (χ4v) is 4.85. The zero-order valence-electron chi connectivity index (χ0n) is 18.9. The Morgan fingerprint density at radius 1 is 0.971 bits per heavy atom. The van der Waals surface area contributed by atoms with Crippen LogP contribution in [-0.2, 0) is 9.53 Å². The first-order valence-electron chi connectivity index (χ1n) is 11.4. The molecule has 1 saturated heterocycles. The topological polar surface area (TPSA) is 84.9 Å². The predicted octanol–water partition coefficient (Wildman–Crippen LogP) is 4.98. The summed E-state index contributed by atoms with van der Waals surface area (Å²) in [4.78, 5) is 40.2. The number of carbonyl (C=O) groups is 3. The van der Waals surface area contributed by atoms with Crippen LogP contribution in [0.25, 0.3) is 0 Å². The first-order chi connectivity index (χ1) is 17.1. The van der Waals surface area contributed by atoms with E-state index in [1.807, 2.05) is 30.3 Å². The zero-order valence-corrected chi connectivity index (χ0v) is 19.8. The lowest BCUT2D eigenvalue weighted by Crippen LogP contribution is -2.36. The maximum Gasteiger partial charge on any atom is 0.261 e. The number of hydrogen-bond donors (Lipinski definition) is 1. The van der Waals surface area contributed by atoms with Crippen LogP contribution in [0.2, 0.25) is 0 Å². The lowest BCUT2D eigenvalue weighted by molar-refractivity contribution is -0.113. The Hall–Kier alpha value is -3.62. The van der Waals surface area contributed by atoms with E-state index in [1.165, 1.54) is 16.7 Å². The Morgan fingerprint density at radius 3 is 2.57 bits per heavy atom. The van der Waals surface area contributed by atoms with Crippen LogP contribution < -0.4 is 10.1 Å². The third-order valence-corrected chi connectivity index (χ3v) is 6.83. The van der Waals surface area contributed by atoms with Crippen LogP contribution in [0.3, 0.4) is 0 Å². The second-order valence-electron chi connectivity index (χ2n) is 8.34. The third kappa shape index (κ3) is 5.39. The predicted molar refractivity (Wildman–Crippen MR) is 133 cm³/mol. The van der Waals surface area contributed by atoms with Gasteiger partial charge >= 0.3 is 0 Å². The van der Waals surface area contributed by atoms with E-state index in [9.17, 15) is 14.4 Å². The van der Waals surface area contributed by atoms with Gasteiger partial charge in [0.15, 0.2) is 0 Å². The van der Waals surface area contributed by atoms with Crippen LogP contribution in [-0.4, -0.2) is 47.6 Å². The van der Waals surface area contributed by atoms with Gasteiger partial charge in [0.2, 0.25) is 5.91 Å². The molecule has 0 bridgehead atoms. The number of carbonyl (C=O) groups excluding carboxylic acids is 3. The van der Waals surface area contributed by atoms with Crippen LogP contribution >= 0.6 is 11.8 Å². The van der Waals surface area contributed by atoms with Crippen LogP contribution in [0, 0.1) is 0 Å². The molecule has 0 saturated carbocycles. The number of ether oxygens (including phenoxy) is 2. The van der Waals surface area contributed by atoms with E-state index in [1.54, 1.807) is 42.5 Å². The summed E-state index contributed by atoms with van der Waals surface area (Å²) in [6, 6.07) is 21.6. The summed E-state index contributed by atoms with van der Waals surface area (Å²) < 4.78 is 11.5. The molecule has 1 unspecified atom stereocenters. The Balaban J connectivity index is 1.22. The summed E-state index contributed by atoms with van der Waals surface area (Å²) in [5, 5.41) is 2.88. The molecule has 2 aliphatic heterocycles. The quantitative estimate of drug-likeness (QED) is 0.355. The highest BCUT2D eigenvalue weighted by atomic mass is 32.2. The van der Waals surface area contributed by atoms with E-state index in [0.717, 1.165) is 17.7 Å². The molecule has 7 nitrogen and oxygen atoms in total. The van der Waals surface area contributed by atoms with Crippen molar-refractivity contribution in [1.29, 1.82) is 0 Å². The number of thioether (sulfide) groups is 1. The van der Waals surface area contributed by atoms with Crippen molar-refractivity contribution in [3.8, 4) is 11.5 Å². The third-order valence-electron chi connectivity index (χ3n) is 5.82. The van der Waals surface area contributed by atoms with Crippen molar-refractivity contribution in [3.63, 3.8) is 0 Å². The fourth-order valence-electron chi connectivity index (χ4n) is 4.13. The Labute approximate surface area is 207 Å². The normalized spacial score (nSPS) is 16.9. The highest BCUT2D eigenvalue weighted by molar-refractivity contribution is 8.00. The summed E-state index contributed by atoms with van der Waals surface area (Å²) in [6.45, 7) is 0.935. The minimum atomic E-state index is -0.331. The van der Waals surface area contributed by atoms with Crippen LogP contribution in [0.5, 0.6) is 11.5 Å². The van der Waals surface area contributed by atoms with Crippen molar-refractivity contribution in [1.82, 2.24) is 4.90 Å². The SMILES string of the molecule is O=C(CSc1ccccc1)Nc1cccc(Oc2ccc3c(c2)C(=O)N(CC2CCCO2)C3=O)c1. The van der Waals surface area contributed by atoms with Gasteiger partial charge in [-0.15, -0.1) is 11.8 Å². The average Bonchev–Trinajstić information content (AvgIpc) is 3.47. The van der Waals surface area contributed by atoms with Gasteiger partial charge in [-0.25, -0.2) is 0 Å². The van der Waals surface area contributed by atoms with Gasteiger partial charge in [-0.3, -0.25) is 19.3 Å². The monoisotopic (exact) mass is 488 g/mol. The van der Waals surface area contributed by atoms with E-state index in [-0.39, 0.29) is 30.4 Å². The summed E-state index contributed by atoms with van der Waals surface area (Å²) in [5.41, 5.74) is 1.31. The maximum absolute atomic E-state index is 12.9. The van der Waals surface area contributed by atoms with Gasteiger partial charge in [-0.2, -0.15) is 0 Å². The number of amides is 3. The summed E-state index contributed by atoms with van der Waals surface area (Å²) in [6.07, 6.45) is 1.69. The molecule has 1 fully saturated rings. The maximum atomic E-state index is 12.9. The molecule has 3 amide bonds. The molecule has 0 radical (unpaired) electrons. The van der Waals surface area contributed by atoms with E-state index in [2.05, 4.69) is 5.32 Å². The number of hydrogen-bond acceptors (Lipinski definition) is 6. The molecule has 35 heavy (non-hydrogen) atoms. The molecule has 2 aliphatic rings. The van der Waals surface area contributed by atoms with E-state index < -0.39 is 0 Å². The molecule has 0 aliphatic carbocycles. The van der Waals surface area contributed by atoms with Crippen molar-refractivity contribution >= 4 is 35.2 Å². The number of fused-ring (bicyclic) bond motifs is 1. The minimum Gasteiger partial charge on any atom is -0.457 e. The van der Waals surface area contributed by atoms with Gasteiger partial charge in [0, 0.05) is 23.3 Å². The summed E-state index contributed by atoms with van der Waals surface area (Å²) in [5.74, 6) is 0.480. The molecule has 1 atom stereocenters. The highest BCUT2D eigenvalue weighted by Crippen LogP contribution is 2.31. The van der Waals surface area contributed by atoms with Crippen molar-refractivity contribution < 1.29 is 23.9 Å². The number of imide groups is 1. The standard InChI is InChI=1S/C27H24N2O5S/c30-25(17-35-22-9-2-1-3-10-22)28-18-6-4-7-19(14-18)34-20-11-12-23-24(15-20)27(32)29(26(23)31)16-21-8-5-13-33-21/h1-4,6-7,9-12,14-15,21H,5,8,13,16-17H2,(H,28,30). The minimum absolute atomic E-state index is 0.100. The first-order valence-corrected chi connectivity index (χ1v) is 12.4. The first kappa shape index (κ1) is 23.1. The van der Waals surface area contributed by atoms with E-state index in [0.29, 0.717) is 40.7 Å². The molecule has 5 rings (SSSR count). The highest BCUT2D eigenvalue weighted by Gasteiger charge is 2.37. The molecule has 178 valence electrons. The molecule has 3 aromatic rings. The Bertz CT molecular complexity index is 1260. The second kappa shape index (κ2) is 10.3. The second-order valence-corrected chi connectivity index (χ2v) is 9.39. The Morgan fingerprint density at radius 2 is 1.77 bits per heavy atom. The molecule has 0 spiro atoms. The number of benzene rings is 3. The number of nitrogens with zero attached hydrogens (tertiary/aromatic N) is 1. The average molecular weight is 489 g/mol. The van der Waals surface area contributed by atoms with Crippen molar-refractivity contribution in [2.45, 2.75) is 23.8 Å². The molecule has 0 aromatic heterocycles. The van der Waals surface area contributed by atoms with Gasteiger partial charge < -0.3 is 14.8 Å². The van der Waals surface area contributed by atoms with E-state index >= 15 is 0 Å².